The van der Waals surface area contributed by atoms with Crippen LogP contribution in [0.1, 0.15) is 0 Å². The summed E-state index contributed by atoms with van der Waals surface area (Å²) in [5.41, 5.74) is 25.8. The number of fused-ring (bicyclic) bond motifs is 14. The van der Waals surface area contributed by atoms with E-state index in [1.807, 2.05) is 0 Å². The number of hydrogen-bond acceptors (Lipinski definition) is 0. The summed E-state index contributed by atoms with van der Waals surface area (Å²) in [7, 11) is 0. The summed E-state index contributed by atoms with van der Waals surface area (Å²) in [6.07, 6.45) is 0. The quantitative estimate of drug-likeness (QED) is 0.128. The van der Waals surface area contributed by atoms with Gasteiger partial charge in [0, 0.05) is 49.4 Å². The molecule has 0 aliphatic rings. The minimum atomic E-state index is 1.18. The average molecular weight is 1390 g/mol. The van der Waals surface area contributed by atoms with Gasteiger partial charge in [-0.3, -0.25) is 0 Å². The summed E-state index contributed by atoms with van der Waals surface area (Å²) in [4.78, 5) is 0. The van der Waals surface area contributed by atoms with Crippen molar-refractivity contribution in [2.75, 3.05) is 0 Å². The SMILES string of the molecule is c1ccc(-n2c3ccccc3c3cc(-c4ccc(-c5cc6ccccc6c6ccccc56)cc4)ccc32)cc1.c1ccc(-n2c3ccccc3c3cc(-c4ccc(-c5ccc6ccccc6c5)cc4)ccc32)cc1.c1ccc(-n2c3ccccc3c3cc(-c4ccc(-c5cccc6ccccc56)cc4)ccc32)cc1. The van der Waals surface area contributed by atoms with Crippen LogP contribution in [0.4, 0.5) is 0 Å². The molecule has 3 nitrogen and oxygen atoms in total. The molecule has 0 saturated heterocycles. The maximum absolute atomic E-state index is 2.36. The van der Waals surface area contributed by atoms with Gasteiger partial charge in [0.05, 0.1) is 33.1 Å². The Morgan fingerprint density at radius 1 is 0.119 bits per heavy atom. The van der Waals surface area contributed by atoms with Crippen molar-refractivity contribution in [3.63, 3.8) is 0 Å². The number of aromatic nitrogens is 3. The van der Waals surface area contributed by atoms with E-state index in [2.05, 4.69) is 444 Å². The lowest BCUT2D eigenvalue weighted by molar-refractivity contribution is 1.18. The Bertz CT molecular complexity index is 7160. The minimum Gasteiger partial charge on any atom is -0.309 e. The molecule has 3 heteroatoms. The first-order chi connectivity index (χ1) is 54.1. The second-order valence-electron chi connectivity index (χ2n) is 28.3. The normalized spacial score (nSPS) is 11.5. The van der Waals surface area contributed by atoms with E-state index in [0.29, 0.717) is 0 Å². The van der Waals surface area contributed by atoms with Crippen LogP contribution in [0.15, 0.2) is 431 Å². The summed E-state index contributed by atoms with van der Waals surface area (Å²) in [6.45, 7) is 0. The van der Waals surface area contributed by atoms with Crippen molar-refractivity contribution < 1.29 is 0 Å². The van der Waals surface area contributed by atoms with Gasteiger partial charge in [-0.2, -0.15) is 0 Å². The van der Waals surface area contributed by atoms with Crippen LogP contribution in [0, 0.1) is 0 Å². The lowest BCUT2D eigenvalue weighted by Gasteiger charge is -2.12. The zero-order valence-corrected chi connectivity index (χ0v) is 59.8. The Kier molecular flexibility index (Phi) is 16.3. The molecule has 0 aliphatic heterocycles. The lowest BCUT2D eigenvalue weighted by atomic mass is 9.92. The largest absolute Gasteiger partial charge is 0.309 e. The van der Waals surface area contributed by atoms with Gasteiger partial charge >= 0.3 is 0 Å². The molecule has 0 radical (unpaired) electrons. The maximum atomic E-state index is 2.36. The molecule has 109 heavy (non-hydrogen) atoms. The van der Waals surface area contributed by atoms with Crippen LogP contribution in [0.25, 0.3) is 192 Å². The molecule has 510 valence electrons. The highest BCUT2D eigenvalue weighted by Gasteiger charge is 2.18. The first-order valence-corrected chi connectivity index (χ1v) is 37.5. The molecule has 0 saturated carbocycles. The summed E-state index contributed by atoms with van der Waals surface area (Å²) in [6, 6.07) is 155. The standard InChI is InChI=1S/C38H25N.2C34H23N/c1-2-11-30(12-3-1)39-37-17-9-8-16-34(37)36-24-28(22-23-38(36)39)26-18-20-27(21-19-26)35-25-29-10-4-5-13-31(29)32-14-6-7-15-33(32)35;1-2-11-28(12-3-1)35-33-16-7-6-14-31(33)32-23-27(21-22-34(32)35)24-17-19-26(20-18-24)30-15-8-10-25-9-4-5-13-29(25)30;1-2-10-30(11-3-1)35-33-13-7-6-12-31(33)32-23-29(20-21-34(32)35)26-16-14-25(15-17-26)28-19-18-24-8-4-5-9-27(24)22-28/h1-25H;2*1-23H. The van der Waals surface area contributed by atoms with Gasteiger partial charge in [0.15, 0.2) is 0 Å². The Labute approximate surface area is 632 Å². The summed E-state index contributed by atoms with van der Waals surface area (Å²) >= 11 is 0. The van der Waals surface area contributed by atoms with E-state index in [-0.39, 0.29) is 0 Å². The molecule has 22 aromatic rings. The third-order valence-corrected chi connectivity index (χ3v) is 22.0. The molecule has 19 aromatic carbocycles. The van der Waals surface area contributed by atoms with Crippen LogP contribution < -0.4 is 0 Å². The molecule has 0 unspecified atom stereocenters. The summed E-state index contributed by atoms with van der Waals surface area (Å²) in [5.74, 6) is 0. The van der Waals surface area contributed by atoms with Gasteiger partial charge in [0.2, 0.25) is 0 Å². The minimum absolute atomic E-state index is 1.18. The number of benzene rings is 19. The van der Waals surface area contributed by atoms with Crippen molar-refractivity contribution in [1.82, 2.24) is 13.7 Å². The van der Waals surface area contributed by atoms with Gasteiger partial charge in [0.25, 0.3) is 0 Å². The highest BCUT2D eigenvalue weighted by Crippen LogP contribution is 2.42. The predicted molar refractivity (Wildman–Crippen MR) is 465 cm³/mol. The zero-order valence-electron chi connectivity index (χ0n) is 59.8. The molecule has 0 spiro atoms. The average Bonchev–Trinajstić information content (AvgIpc) is 1.67. The van der Waals surface area contributed by atoms with Crippen molar-refractivity contribution in [3.8, 4) is 83.8 Å². The summed E-state index contributed by atoms with van der Waals surface area (Å²) in [5, 5.41) is 17.9. The summed E-state index contributed by atoms with van der Waals surface area (Å²) < 4.78 is 7.08. The maximum Gasteiger partial charge on any atom is 0.0541 e. The molecule has 22 rings (SSSR count). The van der Waals surface area contributed by atoms with Crippen LogP contribution >= 0.6 is 0 Å². The predicted octanol–water partition coefficient (Wildman–Crippen LogP) is 29.0. The number of hydrogen-bond donors (Lipinski definition) is 0. The van der Waals surface area contributed by atoms with Gasteiger partial charge in [0.1, 0.15) is 0 Å². The van der Waals surface area contributed by atoms with E-state index >= 15 is 0 Å². The Morgan fingerprint density at radius 2 is 0.413 bits per heavy atom. The van der Waals surface area contributed by atoms with Gasteiger partial charge in [-0.1, -0.05) is 328 Å². The van der Waals surface area contributed by atoms with Gasteiger partial charge in [-0.25, -0.2) is 0 Å². The Hall–Kier alpha value is -14.4. The second-order valence-corrected chi connectivity index (χ2v) is 28.3. The monoisotopic (exact) mass is 1390 g/mol. The molecule has 0 N–H and O–H groups in total. The first kappa shape index (κ1) is 64.2. The van der Waals surface area contributed by atoms with Crippen LogP contribution in [-0.2, 0) is 0 Å². The molecule has 0 atom stereocenters. The van der Waals surface area contributed by atoms with Crippen LogP contribution in [0.2, 0.25) is 0 Å². The smallest absolute Gasteiger partial charge is 0.0541 e. The molecule has 3 heterocycles. The van der Waals surface area contributed by atoms with Gasteiger partial charge in [-0.15, -0.1) is 0 Å². The van der Waals surface area contributed by atoms with Crippen LogP contribution in [0.5, 0.6) is 0 Å². The van der Waals surface area contributed by atoms with E-state index in [1.54, 1.807) is 0 Å². The second kappa shape index (κ2) is 27.6. The molecule has 0 bridgehead atoms. The third kappa shape index (κ3) is 11.7. The van der Waals surface area contributed by atoms with E-state index in [4.69, 9.17) is 0 Å². The molecule has 3 aromatic heterocycles. The van der Waals surface area contributed by atoms with Crippen molar-refractivity contribution in [3.05, 3.63) is 431 Å². The highest BCUT2D eigenvalue weighted by atomic mass is 15.0. The fourth-order valence-electron chi connectivity index (χ4n) is 16.7. The van der Waals surface area contributed by atoms with Gasteiger partial charge in [-0.05, 0) is 213 Å². The number of rotatable bonds is 9. The molecule has 0 aliphatic carbocycles. The molecule has 0 amide bonds. The van der Waals surface area contributed by atoms with Crippen LogP contribution in [0.3, 0.4) is 0 Å². The topological polar surface area (TPSA) is 14.8 Å². The molecular formula is C106H71N3. The molecular weight excluding hydrogens is 1320 g/mol. The van der Waals surface area contributed by atoms with E-state index in [0.717, 1.165) is 0 Å². The van der Waals surface area contributed by atoms with Crippen molar-refractivity contribution in [2.24, 2.45) is 0 Å². The Morgan fingerprint density at radius 3 is 0.862 bits per heavy atom. The lowest BCUT2D eigenvalue weighted by Crippen LogP contribution is -1.92. The first-order valence-electron chi connectivity index (χ1n) is 37.5. The van der Waals surface area contributed by atoms with Gasteiger partial charge < -0.3 is 13.7 Å². The fraction of sp³-hybridized carbons (Fsp3) is 0. The van der Waals surface area contributed by atoms with E-state index in [1.165, 1.54) is 192 Å². The zero-order chi connectivity index (χ0) is 72.1. The third-order valence-electron chi connectivity index (χ3n) is 22.0. The van der Waals surface area contributed by atoms with Crippen molar-refractivity contribution >= 4 is 109 Å². The van der Waals surface area contributed by atoms with Crippen molar-refractivity contribution in [1.29, 1.82) is 0 Å². The van der Waals surface area contributed by atoms with E-state index < -0.39 is 0 Å². The number of para-hydroxylation sites is 6. The molecule has 0 fully saturated rings. The highest BCUT2D eigenvalue weighted by molar-refractivity contribution is 6.16. The fourth-order valence-corrected chi connectivity index (χ4v) is 16.7. The van der Waals surface area contributed by atoms with Crippen LogP contribution in [-0.4, -0.2) is 13.7 Å². The Balaban J connectivity index is 0.000000108. The number of nitrogens with zero attached hydrogens (tertiary/aromatic N) is 3. The van der Waals surface area contributed by atoms with E-state index in [9.17, 15) is 0 Å². The van der Waals surface area contributed by atoms with Crippen molar-refractivity contribution in [2.45, 2.75) is 0 Å².